The van der Waals surface area contributed by atoms with Crippen LogP contribution in [0.5, 0.6) is 0 Å². The lowest BCUT2D eigenvalue weighted by Crippen LogP contribution is -2.44. The van der Waals surface area contributed by atoms with Crippen molar-refractivity contribution >= 4 is 0 Å². The molecule has 0 bridgehead atoms. The fourth-order valence-corrected chi connectivity index (χ4v) is 4.49. The van der Waals surface area contributed by atoms with E-state index in [4.69, 9.17) is 5.73 Å². The molecule has 0 aliphatic carbocycles. The van der Waals surface area contributed by atoms with Crippen LogP contribution in [0.2, 0.25) is 0 Å². The molecular formula is C27H57NO. The van der Waals surface area contributed by atoms with Gasteiger partial charge in [0.1, 0.15) is 5.72 Å². The lowest BCUT2D eigenvalue weighted by atomic mass is 9.86. The Morgan fingerprint density at radius 1 is 0.517 bits per heavy atom. The van der Waals surface area contributed by atoms with E-state index >= 15 is 0 Å². The molecule has 0 aromatic rings. The summed E-state index contributed by atoms with van der Waals surface area (Å²) in [7, 11) is 0. The third-order valence-electron chi connectivity index (χ3n) is 6.64. The van der Waals surface area contributed by atoms with E-state index in [1.54, 1.807) is 0 Å². The molecule has 0 aliphatic rings. The fourth-order valence-electron chi connectivity index (χ4n) is 4.49. The number of hydrogen-bond acceptors (Lipinski definition) is 2. The molecule has 0 radical (unpaired) electrons. The first-order chi connectivity index (χ1) is 14.0. The van der Waals surface area contributed by atoms with Crippen LogP contribution in [0.25, 0.3) is 0 Å². The molecule has 3 N–H and O–H groups in total. The average Bonchev–Trinajstić information content (AvgIpc) is 2.68. The van der Waals surface area contributed by atoms with E-state index in [2.05, 4.69) is 13.8 Å². The van der Waals surface area contributed by atoms with Gasteiger partial charge in [0.15, 0.2) is 0 Å². The number of nitrogens with two attached hydrogens (primary N) is 1. The van der Waals surface area contributed by atoms with Crippen molar-refractivity contribution in [3.8, 4) is 0 Å². The summed E-state index contributed by atoms with van der Waals surface area (Å²) < 4.78 is 0. The molecule has 0 spiro atoms. The van der Waals surface area contributed by atoms with Crippen LogP contribution in [-0.2, 0) is 0 Å². The number of aliphatic hydroxyl groups is 1. The van der Waals surface area contributed by atoms with Gasteiger partial charge in [-0.3, -0.25) is 0 Å². The average molecular weight is 412 g/mol. The van der Waals surface area contributed by atoms with Gasteiger partial charge in [-0.05, 0) is 19.8 Å². The molecule has 0 aliphatic heterocycles. The molecule has 1 unspecified atom stereocenters. The second-order valence-electron chi connectivity index (χ2n) is 9.86. The van der Waals surface area contributed by atoms with Crippen molar-refractivity contribution < 1.29 is 5.11 Å². The summed E-state index contributed by atoms with van der Waals surface area (Å²) in [6.45, 7) is 6.37. The van der Waals surface area contributed by atoms with Crippen LogP contribution < -0.4 is 5.73 Å². The van der Waals surface area contributed by atoms with Gasteiger partial charge in [-0.15, -0.1) is 0 Å². The van der Waals surface area contributed by atoms with E-state index in [-0.39, 0.29) is 5.92 Å². The summed E-state index contributed by atoms with van der Waals surface area (Å²) in [4.78, 5) is 0. The zero-order valence-corrected chi connectivity index (χ0v) is 20.7. The highest BCUT2D eigenvalue weighted by molar-refractivity contribution is 4.76. The maximum absolute atomic E-state index is 10.3. The smallest absolute Gasteiger partial charge is 0.113 e. The largest absolute Gasteiger partial charge is 0.376 e. The van der Waals surface area contributed by atoms with Crippen molar-refractivity contribution in [2.45, 2.75) is 168 Å². The Morgan fingerprint density at radius 3 is 1.00 bits per heavy atom. The van der Waals surface area contributed by atoms with Gasteiger partial charge in [0, 0.05) is 5.92 Å². The van der Waals surface area contributed by atoms with Gasteiger partial charge in [-0.25, -0.2) is 0 Å². The molecule has 0 aromatic carbocycles. The molecule has 0 saturated heterocycles. The number of hydrogen-bond donors (Lipinski definition) is 2. The van der Waals surface area contributed by atoms with Crippen LogP contribution in [0.15, 0.2) is 0 Å². The van der Waals surface area contributed by atoms with Gasteiger partial charge in [-0.1, -0.05) is 142 Å². The predicted octanol–water partition coefficient (Wildman–Crippen LogP) is 8.89. The minimum atomic E-state index is -1.00. The van der Waals surface area contributed by atoms with Crippen LogP contribution in [0, 0.1) is 5.92 Å². The van der Waals surface area contributed by atoms with E-state index < -0.39 is 5.72 Å². The molecule has 176 valence electrons. The Labute approximate surface area is 184 Å². The van der Waals surface area contributed by atoms with Gasteiger partial charge >= 0.3 is 0 Å². The normalized spacial score (nSPS) is 13.9. The standard InChI is InChI=1S/C27H57NO/c1-4-6-8-10-12-14-16-18-20-22-24-26(27(3,28)29)25-23-21-19-17-15-13-11-9-7-5-2/h26,29H,4-25,28H2,1-3H3. The lowest BCUT2D eigenvalue weighted by molar-refractivity contribution is -0.00458. The highest BCUT2D eigenvalue weighted by atomic mass is 16.3. The second kappa shape index (κ2) is 21.2. The zero-order valence-electron chi connectivity index (χ0n) is 20.7. The van der Waals surface area contributed by atoms with Crippen molar-refractivity contribution in [3.63, 3.8) is 0 Å². The maximum atomic E-state index is 10.3. The van der Waals surface area contributed by atoms with Crippen molar-refractivity contribution in [3.05, 3.63) is 0 Å². The van der Waals surface area contributed by atoms with E-state index in [0.29, 0.717) is 0 Å². The number of rotatable bonds is 23. The van der Waals surface area contributed by atoms with Crippen LogP contribution in [0.1, 0.15) is 162 Å². The molecule has 2 heteroatoms. The molecule has 29 heavy (non-hydrogen) atoms. The van der Waals surface area contributed by atoms with E-state index in [9.17, 15) is 5.11 Å². The summed E-state index contributed by atoms with van der Waals surface area (Å²) in [6, 6.07) is 0. The SMILES string of the molecule is CCCCCCCCCCCCC(CCCCCCCCCCCC)C(C)(N)O. The predicted molar refractivity (Wildman–Crippen MR) is 131 cm³/mol. The second-order valence-corrected chi connectivity index (χ2v) is 9.86. The highest BCUT2D eigenvalue weighted by Gasteiger charge is 2.26. The highest BCUT2D eigenvalue weighted by Crippen LogP contribution is 2.26. The fraction of sp³-hybridized carbons (Fsp3) is 1.00. The first kappa shape index (κ1) is 28.9. The first-order valence-electron chi connectivity index (χ1n) is 13.5. The molecule has 0 amide bonds. The Bertz CT molecular complexity index is 286. The monoisotopic (exact) mass is 411 g/mol. The minimum absolute atomic E-state index is 0.269. The van der Waals surface area contributed by atoms with Gasteiger partial charge < -0.3 is 10.8 Å². The molecule has 1 atom stereocenters. The lowest BCUT2D eigenvalue weighted by Gasteiger charge is -2.29. The topological polar surface area (TPSA) is 46.2 Å². The Balaban J connectivity index is 3.61. The summed E-state index contributed by atoms with van der Waals surface area (Å²) in [5.74, 6) is 0.269. The van der Waals surface area contributed by atoms with Gasteiger partial charge in [-0.2, -0.15) is 0 Å². The molecule has 2 nitrogen and oxygen atoms in total. The van der Waals surface area contributed by atoms with Crippen molar-refractivity contribution in [2.24, 2.45) is 11.7 Å². The van der Waals surface area contributed by atoms with Gasteiger partial charge in [0.25, 0.3) is 0 Å². The van der Waals surface area contributed by atoms with E-state index in [0.717, 1.165) is 12.8 Å². The van der Waals surface area contributed by atoms with Crippen LogP contribution in [-0.4, -0.2) is 10.8 Å². The van der Waals surface area contributed by atoms with Gasteiger partial charge in [0.2, 0.25) is 0 Å². The summed E-state index contributed by atoms with van der Waals surface area (Å²) in [6.07, 6.45) is 29.5. The Morgan fingerprint density at radius 2 is 0.759 bits per heavy atom. The third kappa shape index (κ3) is 21.0. The summed E-state index contributed by atoms with van der Waals surface area (Å²) in [5, 5.41) is 10.3. The molecule has 0 aromatic heterocycles. The van der Waals surface area contributed by atoms with E-state index in [1.165, 1.54) is 128 Å². The molecular weight excluding hydrogens is 354 g/mol. The molecule has 0 rings (SSSR count). The molecule has 0 fully saturated rings. The minimum Gasteiger partial charge on any atom is -0.376 e. The third-order valence-corrected chi connectivity index (χ3v) is 6.64. The van der Waals surface area contributed by atoms with Crippen molar-refractivity contribution in [1.29, 1.82) is 0 Å². The van der Waals surface area contributed by atoms with Crippen LogP contribution in [0.3, 0.4) is 0 Å². The summed E-state index contributed by atoms with van der Waals surface area (Å²) in [5.41, 5.74) is 5.07. The van der Waals surface area contributed by atoms with Crippen molar-refractivity contribution in [2.75, 3.05) is 0 Å². The Kier molecular flexibility index (Phi) is 21.1. The summed E-state index contributed by atoms with van der Waals surface area (Å²) >= 11 is 0. The van der Waals surface area contributed by atoms with Crippen LogP contribution in [0.4, 0.5) is 0 Å². The Hall–Kier alpha value is -0.0800. The molecule has 0 saturated carbocycles. The first-order valence-corrected chi connectivity index (χ1v) is 13.5. The van der Waals surface area contributed by atoms with Gasteiger partial charge in [0.05, 0.1) is 0 Å². The van der Waals surface area contributed by atoms with Crippen molar-refractivity contribution in [1.82, 2.24) is 0 Å². The zero-order chi connectivity index (χ0) is 21.6. The van der Waals surface area contributed by atoms with Crippen LogP contribution >= 0.6 is 0 Å². The number of unbranched alkanes of at least 4 members (excludes halogenated alkanes) is 18. The maximum Gasteiger partial charge on any atom is 0.113 e. The van der Waals surface area contributed by atoms with E-state index in [1.807, 2.05) is 6.92 Å². The molecule has 0 heterocycles. The quantitative estimate of drug-likeness (QED) is 0.130.